The molecule has 0 radical (unpaired) electrons. The number of fused-ring (bicyclic) bond motifs is 2. The van der Waals surface area contributed by atoms with Crippen molar-refractivity contribution in [1.82, 2.24) is 19.9 Å². The third kappa shape index (κ3) is 4.70. The number of nitrogens with one attached hydrogen (secondary N) is 1. The Balaban J connectivity index is 1.12. The molecule has 5 rings (SSSR count). The summed E-state index contributed by atoms with van der Waals surface area (Å²) in [5, 5.41) is 11.0. The van der Waals surface area contributed by atoms with Crippen LogP contribution < -0.4 is 4.90 Å². The average Bonchev–Trinajstić information content (AvgIpc) is 3.24. The molecule has 33 heavy (non-hydrogen) atoms. The standard InChI is InChI=1S/C25H24BrFN6/c26-22-13-20(27)12-19-16-30-25(31-24(19)22)33-9-7-32(8-10-33)6-2-1-3-18-15-29-23-5-4-17(14-28)11-21(18)23/h4-5,11-13,15-16,29H,1-3,6-10H2. The molecule has 0 atom stereocenters. The van der Waals surface area contributed by atoms with E-state index in [4.69, 9.17) is 5.26 Å². The van der Waals surface area contributed by atoms with Gasteiger partial charge in [0.05, 0.1) is 17.1 Å². The van der Waals surface area contributed by atoms with E-state index in [9.17, 15) is 4.39 Å². The second kappa shape index (κ2) is 9.46. The SMILES string of the molecule is N#Cc1ccc2[nH]cc(CCCCN3CCN(c4ncc5cc(F)cc(Br)c5n4)CC3)c2c1. The van der Waals surface area contributed by atoms with E-state index >= 15 is 0 Å². The number of halogens is 2. The van der Waals surface area contributed by atoms with Gasteiger partial charge in [-0.15, -0.1) is 0 Å². The fraction of sp³-hybridized carbons (Fsp3) is 0.320. The first-order valence-electron chi connectivity index (χ1n) is 11.2. The number of anilines is 1. The van der Waals surface area contributed by atoms with Crippen LogP contribution in [0.15, 0.2) is 47.2 Å². The fourth-order valence-corrected chi connectivity index (χ4v) is 5.02. The first kappa shape index (κ1) is 21.8. The Morgan fingerprint density at radius 2 is 1.97 bits per heavy atom. The van der Waals surface area contributed by atoms with Crippen molar-refractivity contribution in [1.29, 1.82) is 5.26 Å². The maximum absolute atomic E-state index is 13.6. The highest BCUT2D eigenvalue weighted by Gasteiger charge is 2.19. The molecule has 1 aliphatic heterocycles. The van der Waals surface area contributed by atoms with E-state index in [0.717, 1.165) is 68.4 Å². The molecule has 0 amide bonds. The highest BCUT2D eigenvalue weighted by Crippen LogP contribution is 2.25. The van der Waals surface area contributed by atoms with E-state index in [1.807, 2.05) is 18.2 Å². The Morgan fingerprint density at radius 3 is 2.79 bits per heavy atom. The summed E-state index contributed by atoms with van der Waals surface area (Å²) in [6.45, 7) is 4.78. The molecule has 0 aliphatic carbocycles. The quantitative estimate of drug-likeness (QED) is 0.371. The minimum atomic E-state index is -0.295. The third-order valence-corrected chi connectivity index (χ3v) is 6.92. The molecule has 3 heterocycles. The van der Waals surface area contributed by atoms with Gasteiger partial charge in [0.2, 0.25) is 5.95 Å². The van der Waals surface area contributed by atoms with Crippen molar-refractivity contribution in [2.45, 2.75) is 19.3 Å². The zero-order valence-electron chi connectivity index (χ0n) is 18.2. The Morgan fingerprint density at radius 1 is 1.12 bits per heavy atom. The van der Waals surface area contributed by atoms with Gasteiger partial charge in [-0.1, -0.05) is 0 Å². The van der Waals surface area contributed by atoms with Gasteiger partial charge >= 0.3 is 0 Å². The molecule has 6 nitrogen and oxygen atoms in total. The predicted molar refractivity (Wildman–Crippen MR) is 132 cm³/mol. The number of hydrogen-bond acceptors (Lipinski definition) is 5. The van der Waals surface area contributed by atoms with Crippen molar-refractivity contribution >= 4 is 43.7 Å². The maximum Gasteiger partial charge on any atom is 0.226 e. The van der Waals surface area contributed by atoms with Crippen LogP contribution in [0.5, 0.6) is 0 Å². The topological polar surface area (TPSA) is 71.8 Å². The van der Waals surface area contributed by atoms with Gasteiger partial charge in [0.1, 0.15) is 5.82 Å². The summed E-state index contributed by atoms with van der Waals surface area (Å²) in [5.41, 5.74) is 3.82. The number of unbranched alkanes of at least 4 members (excludes halogenated alkanes) is 1. The van der Waals surface area contributed by atoms with Crippen LogP contribution in [0.1, 0.15) is 24.0 Å². The number of aromatic amines is 1. The summed E-state index contributed by atoms with van der Waals surface area (Å²) in [6.07, 6.45) is 7.02. The number of H-pyrrole nitrogens is 1. The van der Waals surface area contributed by atoms with E-state index in [2.05, 4.69) is 52.9 Å². The van der Waals surface area contributed by atoms with Gasteiger partial charge in [-0.2, -0.15) is 5.26 Å². The summed E-state index contributed by atoms with van der Waals surface area (Å²) in [5.74, 6) is 0.404. The van der Waals surface area contributed by atoms with Crippen LogP contribution in [-0.4, -0.2) is 52.6 Å². The van der Waals surface area contributed by atoms with Crippen LogP contribution >= 0.6 is 15.9 Å². The van der Waals surface area contributed by atoms with Gasteiger partial charge in [-0.3, -0.25) is 4.90 Å². The van der Waals surface area contributed by atoms with Crippen LogP contribution in [0.4, 0.5) is 10.3 Å². The third-order valence-electron chi connectivity index (χ3n) is 6.31. The average molecular weight is 507 g/mol. The highest BCUT2D eigenvalue weighted by molar-refractivity contribution is 9.10. The van der Waals surface area contributed by atoms with E-state index in [1.54, 1.807) is 6.20 Å². The van der Waals surface area contributed by atoms with Crippen molar-refractivity contribution < 1.29 is 4.39 Å². The number of nitriles is 1. The summed E-state index contributed by atoms with van der Waals surface area (Å²) in [6, 6.07) is 10.9. The van der Waals surface area contributed by atoms with Crippen LogP contribution in [0.25, 0.3) is 21.8 Å². The van der Waals surface area contributed by atoms with Gasteiger partial charge in [0, 0.05) is 59.3 Å². The minimum absolute atomic E-state index is 0.295. The van der Waals surface area contributed by atoms with Crippen molar-refractivity contribution in [3.05, 3.63) is 64.1 Å². The van der Waals surface area contributed by atoms with E-state index in [-0.39, 0.29) is 5.82 Å². The molecule has 1 N–H and O–H groups in total. The number of piperazine rings is 1. The zero-order valence-corrected chi connectivity index (χ0v) is 19.8. The highest BCUT2D eigenvalue weighted by atomic mass is 79.9. The molecule has 2 aromatic heterocycles. The Labute approximate surface area is 200 Å². The van der Waals surface area contributed by atoms with Crippen molar-refractivity contribution in [2.75, 3.05) is 37.6 Å². The normalized spacial score (nSPS) is 14.8. The molecule has 0 spiro atoms. The van der Waals surface area contributed by atoms with E-state index < -0.39 is 0 Å². The molecule has 168 valence electrons. The van der Waals surface area contributed by atoms with Gasteiger partial charge < -0.3 is 9.88 Å². The van der Waals surface area contributed by atoms with Crippen molar-refractivity contribution in [3.63, 3.8) is 0 Å². The molecule has 8 heteroatoms. The molecule has 2 aromatic carbocycles. The molecule has 4 aromatic rings. The lowest BCUT2D eigenvalue weighted by Crippen LogP contribution is -2.47. The fourth-order valence-electron chi connectivity index (χ4n) is 4.49. The van der Waals surface area contributed by atoms with Gasteiger partial charge in [-0.25, -0.2) is 14.4 Å². The molecular weight excluding hydrogens is 483 g/mol. The summed E-state index contributed by atoms with van der Waals surface area (Å²) >= 11 is 3.41. The maximum atomic E-state index is 13.6. The number of aryl methyl sites for hydroxylation is 1. The van der Waals surface area contributed by atoms with Crippen molar-refractivity contribution in [3.8, 4) is 6.07 Å². The number of nitrogens with zero attached hydrogens (tertiary/aromatic N) is 5. The molecule has 1 aliphatic rings. The second-order valence-electron chi connectivity index (χ2n) is 8.47. The van der Waals surface area contributed by atoms with E-state index in [0.29, 0.717) is 21.4 Å². The van der Waals surface area contributed by atoms with Gasteiger partial charge in [-0.05, 0) is 77.6 Å². The molecule has 1 saturated heterocycles. The largest absolute Gasteiger partial charge is 0.361 e. The van der Waals surface area contributed by atoms with Gasteiger partial charge in [0.25, 0.3) is 0 Å². The van der Waals surface area contributed by atoms with Crippen LogP contribution in [0.2, 0.25) is 0 Å². The lowest BCUT2D eigenvalue weighted by Gasteiger charge is -2.34. The number of rotatable bonds is 6. The van der Waals surface area contributed by atoms with Crippen molar-refractivity contribution in [2.24, 2.45) is 0 Å². The molecule has 0 bridgehead atoms. The molecule has 0 unspecified atom stereocenters. The smallest absolute Gasteiger partial charge is 0.226 e. The number of benzene rings is 2. The molecule has 0 saturated carbocycles. The Kier molecular flexibility index (Phi) is 6.25. The van der Waals surface area contributed by atoms with Gasteiger partial charge in [0.15, 0.2) is 0 Å². The van der Waals surface area contributed by atoms with Crippen LogP contribution in [0, 0.1) is 17.1 Å². The lowest BCUT2D eigenvalue weighted by atomic mass is 10.1. The predicted octanol–water partition coefficient (Wildman–Crippen LogP) is 5.03. The van der Waals surface area contributed by atoms with E-state index in [1.165, 1.54) is 17.7 Å². The molecule has 1 fully saturated rings. The zero-order chi connectivity index (χ0) is 22.8. The summed E-state index contributed by atoms with van der Waals surface area (Å²) in [7, 11) is 0. The first-order chi connectivity index (χ1) is 16.1. The first-order valence-corrected chi connectivity index (χ1v) is 12.0. The van der Waals surface area contributed by atoms with Crippen LogP contribution in [0.3, 0.4) is 0 Å². The number of hydrogen-bond donors (Lipinski definition) is 1. The summed E-state index contributed by atoms with van der Waals surface area (Å²) < 4.78 is 14.2. The number of aromatic nitrogens is 3. The minimum Gasteiger partial charge on any atom is -0.361 e. The lowest BCUT2D eigenvalue weighted by molar-refractivity contribution is 0.252. The second-order valence-corrected chi connectivity index (χ2v) is 9.32. The monoisotopic (exact) mass is 506 g/mol. The Hall–Kier alpha value is -3.02. The Bertz CT molecular complexity index is 1340. The van der Waals surface area contributed by atoms with Crippen LogP contribution in [-0.2, 0) is 6.42 Å². The molecular formula is C25H24BrFN6. The summed E-state index contributed by atoms with van der Waals surface area (Å²) in [4.78, 5) is 17.1.